The molecule has 0 radical (unpaired) electrons. The van der Waals surface area contributed by atoms with E-state index in [1.807, 2.05) is 14.0 Å². The first kappa shape index (κ1) is 16.6. The molecule has 0 unspecified atom stereocenters. The van der Waals surface area contributed by atoms with Crippen molar-refractivity contribution in [2.45, 2.75) is 18.4 Å². The van der Waals surface area contributed by atoms with Crippen LogP contribution in [0.15, 0.2) is 23.1 Å². The number of hydrogen-bond donors (Lipinski definition) is 1. The Hall–Kier alpha value is -0.760. The topological polar surface area (TPSA) is 58.6 Å². The van der Waals surface area contributed by atoms with Crippen LogP contribution in [-0.2, 0) is 16.6 Å². The van der Waals surface area contributed by atoms with Gasteiger partial charge in [-0.05, 0) is 32.2 Å². The highest BCUT2D eigenvalue weighted by atomic mass is 32.2. The third kappa shape index (κ3) is 3.91. The number of nitrogens with zero attached hydrogens (tertiary/aromatic N) is 1. The fraction of sp³-hybridized carbons (Fsp3) is 0.571. The minimum Gasteiger partial charge on any atom is -0.494 e. The average Bonchev–Trinajstić information content (AvgIpc) is 2.50. The maximum Gasteiger partial charge on any atom is 0.243 e. The van der Waals surface area contributed by atoms with Gasteiger partial charge >= 0.3 is 0 Å². The van der Waals surface area contributed by atoms with Gasteiger partial charge in [0.05, 0.1) is 11.5 Å². The molecule has 0 bridgehead atoms. The van der Waals surface area contributed by atoms with Crippen molar-refractivity contribution in [3.8, 4) is 5.75 Å². The maximum absolute atomic E-state index is 12.7. The molecule has 0 aliphatic carbocycles. The van der Waals surface area contributed by atoms with Crippen molar-refractivity contribution in [3.05, 3.63) is 23.8 Å². The summed E-state index contributed by atoms with van der Waals surface area (Å²) in [5.41, 5.74) is 0.867. The molecule has 0 amide bonds. The Bertz CT molecular complexity index is 570. The zero-order chi connectivity index (χ0) is 15.3. The Morgan fingerprint density at radius 3 is 2.67 bits per heavy atom. The van der Waals surface area contributed by atoms with E-state index in [9.17, 15) is 8.42 Å². The molecule has 1 aliphatic heterocycles. The number of sulfonamides is 1. The molecule has 1 saturated heterocycles. The summed E-state index contributed by atoms with van der Waals surface area (Å²) in [5.74, 6) is 2.46. The van der Waals surface area contributed by atoms with E-state index in [0.717, 1.165) is 22.8 Å². The molecule has 0 spiro atoms. The summed E-state index contributed by atoms with van der Waals surface area (Å²) in [5, 5.41) is 3.05. The van der Waals surface area contributed by atoms with Crippen molar-refractivity contribution in [3.63, 3.8) is 0 Å². The second kappa shape index (κ2) is 7.49. The van der Waals surface area contributed by atoms with Crippen LogP contribution < -0.4 is 10.1 Å². The maximum atomic E-state index is 12.7. The van der Waals surface area contributed by atoms with E-state index >= 15 is 0 Å². The average molecular weight is 330 g/mol. The van der Waals surface area contributed by atoms with Gasteiger partial charge in [0.2, 0.25) is 10.0 Å². The molecule has 1 aromatic rings. The van der Waals surface area contributed by atoms with Gasteiger partial charge in [0.25, 0.3) is 0 Å². The standard InChI is InChI=1S/C14H22N2O3S2/c1-3-19-14-5-4-13(10-12(14)11-15-2)21(17,18)16-6-8-20-9-7-16/h4-5,10,15H,3,6-9,11H2,1-2H3. The smallest absolute Gasteiger partial charge is 0.243 e. The number of hydrogen-bond acceptors (Lipinski definition) is 5. The molecule has 7 heteroatoms. The van der Waals surface area contributed by atoms with Gasteiger partial charge in [-0.2, -0.15) is 16.1 Å². The summed E-state index contributed by atoms with van der Waals surface area (Å²) in [6.07, 6.45) is 0. The van der Waals surface area contributed by atoms with Gasteiger partial charge in [-0.3, -0.25) is 0 Å². The molecular weight excluding hydrogens is 308 g/mol. The van der Waals surface area contributed by atoms with Crippen molar-refractivity contribution in [2.75, 3.05) is 38.2 Å². The van der Waals surface area contributed by atoms with Crippen LogP contribution in [-0.4, -0.2) is 51.0 Å². The van der Waals surface area contributed by atoms with Crippen LogP contribution in [0, 0.1) is 0 Å². The monoisotopic (exact) mass is 330 g/mol. The van der Waals surface area contributed by atoms with Crippen LogP contribution in [0.3, 0.4) is 0 Å². The Labute approximate surface area is 131 Å². The molecular formula is C14H22N2O3S2. The minimum atomic E-state index is -3.40. The second-order valence-corrected chi connectivity index (χ2v) is 7.91. The molecule has 0 saturated carbocycles. The SMILES string of the molecule is CCOc1ccc(S(=O)(=O)N2CCSCC2)cc1CNC. The summed E-state index contributed by atoms with van der Waals surface area (Å²) < 4.78 is 32.5. The molecule has 1 heterocycles. The quantitative estimate of drug-likeness (QED) is 0.857. The van der Waals surface area contributed by atoms with E-state index in [4.69, 9.17) is 4.74 Å². The third-order valence-corrected chi connectivity index (χ3v) is 6.14. The van der Waals surface area contributed by atoms with E-state index in [1.165, 1.54) is 0 Å². The van der Waals surface area contributed by atoms with E-state index in [-0.39, 0.29) is 0 Å². The van der Waals surface area contributed by atoms with Crippen LogP contribution in [0.25, 0.3) is 0 Å². The highest BCUT2D eigenvalue weighted by Crippen LogP contribution is 2.26. The van der Waals surface area contributed by atoms with Crippen molar-refractivity contribution in [2.24, 2.45) is 0 Å². The fourth-order valence-corrected chi connectivity index (χ4v) is 4.90. The van der Waals surface area contributed by atoms with Crippen LogP contribution >= 0.6 is 11.8 Å². The van der Waals surface area contributed by atoms with Gasteiger partial charge in [-0.1, -0.05) is 0 Å². The van der Waals surface area contributed by atoms with Gasteiger partial charge in [-0.15, -0.1) is 0 Å². The first-order valence-electron chi connectivity index (χ1n) is 7.07. The predicted octanol–water partition coefficient (Wildman–Crippen LogP) is 1.54. The zero-order valence-electron chi connectivity index (χ0n) is 12.5. The molecule has 0 atom stereocenters. The van der Waals surface area contributed by atoms with E-state index in [0.29, 0.717) is 31.1 Å². The van der Waals surface area contributed by atoms with Gasteiger partial charge in [0.15, 0.2) is 0 Å². The van der Waals surface area contributed by atoms with Crippen LogP contribution in [0.5, 0.6) is 5.75 Å². The third-order valence-electron chi connectivity index (χ3n) is 3.31. The first-order valence-corrected chi connectivity index (χ1v) is 9.67. The lowest BCUT2D eigenvalue weighted by Gasteiger charge is -2.26. The Morgan fingerprint density at radius 1 is 1.33 bits per heavy atom. The summed E-state index contributed by atoms with van der Waals surface area (Å²) >= 11 is 1.79. The highest BCUT2D eigenvalue weighted by molar-refractivity contribution is 7.99. The molecule has 0 aromatic heterocycles. The molecule has 5 nitrogen and oxygen atoms in total. The van der Waals surface area contributed by atoms with Gasteiger partial charge in [0.1, 0.15) is 5.75 Å². The largest absolute Gasteiger partial charge is 0.494 e. The number of thioether (sulfide) groups is 1. The van der Waals surface area contributed by atoms with Crippen molar-refractivity contribution in [1.82, 2.24) is 9.62 Å². The highest BCUT2D eigenvalue weighted by Gasteiger charge is 2.26. The molecule has 1 fully saturated rings. The number of benzene rings is 1. The molecule has 1 N–H and O–H groups in total. The first-order chi connectivity index (χ1) is 10.1. The Morgan fingerprint density at radius 2 is 2.05 bits per heavy atom. The van der Waals surface area contributed by atoms with Crippen LogP contribution in [0.1, 0.15) is 12.5 Å². The van der Waals surface area contributed by atoms with Gasteiger partial charge < -0.3 is 10.1 Å². The molecule has 1 aliphatic rings. The lowest BCUT2D eigenvalue weighted by molar-refractivity contribution is 0.335. The van der Waals surface area contributed by atoms with Crippen molar-refractivity contribution in [1.29, 1.82) is 0 Å². The van der Waals surface area contributed by atoms with Crippen molar-refractivity contribution >= 4 is 21.8 Å². The number of rotatable bonds is 6. The molecule has 1 aromatic carbocycles. The van der Waals surface area contributed by atoms with E-state index < -0.39 is 10.0 Å². The van der Waals surface area contributed by atoms with E-state index in [1.54, 1.807) is 34.3 Å². The van der Waals surface area contributed by atoms with Crippen molar-refractivity contribution < 1.29 is 13.2 Å². The summed E-state index contributed by atoms with van der Waals surface area (Å²) in [7, 11) is -1.57. The minimum absolute atomic E-state index is 0.350. The second-order valence-electron chi connectivity index (χ2n) is 4.75. The Balaban J connectivity index is 2.32. The van der Waals surface area contributed by atoms with Gasteiger partial charge in [-0.25, -0.2) is 8.42 Å². The molecule has 2 rings (SSSR count). The fourth-order valence-electron chi connectivity index (χ4n) is 2.28. The molecule has 21 heavy (non-hydrogen) atoms. The van der Waals surface area contributed by atoms with Crippen LogP contribution in [0.4, 0.5) is 0 Å². The zero-order valence-corrected chi connectivity index (χ0v) is 14.1. The predicted molar refractivity (Wildman–Crippen MR) is 86.5 cm³/mol. The number of ether oxygens (including phenoxy) is 1. The lowest BCUT2D eigenvalue weighted by atomic mass is 10.2. The number of nitrogens with one attached hydrogen (secondary N) is 1. The summed E-state index contributed by atoms with van der Waals surface area (Å²) in [4.78, 5) is 0.350. The summed E-state index contributed by atoms with van der Waals surface area (Å²) in [6, 6.07) is 5.11. The lowest BCUT2D eigenvalue weighted by Crippen LogP contribution is -2.37. The van der Waals surface area contributed by atoms with E-state index in [2.05, 4.69) is 5.32 Å². The summed E-state index contributed by atoms with van der Waals surface area (Å²) in [6.45, 7) is 4.23. The Kier molecular flexibility index (Phi) is 5.92. The molecule has 118 valence electrons. The normalized spacial score (nSPS) is 16.9. The van der Waals surface area contributed by atoms with Crippen LogP contribution in [0.2, 0.25) is 0 Å². The van der Waals surface area contributed by atoms with Gasteiger partial charge in [0, 0.05) is 36.7 Å².